The van der Waals surface area contributed by atoms with Crippen molar-refractivity contribution in [3.8, 4) is 16.9 Å². The van der Waals surface area contributed by atoms with Gasteiger partial charge in [-0.05, 0) is 49.2 Å². The maximum Gasteiger partial charge on any atom is 0.127 e. The van der Waals surface area contributed by atoms with Crippen LogP contribution < -0.4 is 10.5 Å². The average molecular weight is 259 g/mol. The van der Waals surface area contributed by atoms with Crippen molar-refractivity contribution in [2.75, 3.05) is 0 Å². The Balaban J connectivity index is 2.27. The maximum atomic E-state index is 13.4. The van der Waals surface area contributed by atoms with Crippen LogP contribution in [0, 0.1) is 5.82 Å². The second kappa shape index (κ2) is 5.85. The van der Waals surface area contributed by atoms with Crippen molar-refractivity contribution in [3.05, 3.63) is 53.8 Å². The summed E-state index contributed by atoms with van der Waals surface area (Å²) in [6.07, 6.45) is 0.153. The normalized spacial score (nSPS) is 10.8. The van der Waals surface area contributed by atoms with Gasteiger partial charge in [0.15, 0.2) is 0 Å². The third kappa shape index (κ3) is 3.32. The second-order valence-corrected chi connectivity index (χ2v) is 4.70. The summed E-state index contributed by atoms with van der Waals surface area (Å²) in [5, 5.41) is 0. The zero-order valence-electron chi connectivity index (χ0n) is 11.2. The van der Waals surface area contributed by atoms with E-state index in [1.54, 1.807) is 12.1 Å². The highest BCUT2D eigenvalue weighted by Crippen LogP contribution is 2.24. The Hall–Kier alpha value is -1.87. The molecule has 0 heterocycles. The Morgan fingerprint density at radius 2 is 1.68 bits per heavy atom. The van der Waals surface area contributed by atoms with E-state index in [9.17, 15) is 4.39 Å². The molecule has 0 aliphatic carbocycles. The number of hydrogen-bond acceptors (Lipinski definition) is 2. The minimum atomic E-state index is -0.258. The van der Waals surface area contributed by atoms with E-state index >= 15 is 0 Å². The summed E-state index contributed by atoms with van der Waals surface area (Å²) >= 11 is 0. The smallest absolute Gasteiger partial charge is 0.127 e. The molecule has 0 atom stereocenters. The first kappa shape index (κ1) is 13.6. The first-order chi connectivity index (χ1) is 9.10. The summed E-state index contributed by atoms with van der Waals surface area (Å²) in [6, 6.07) is 12.8. The van der Waals surface area contributed by atoms with Crippen LogP contribution >= 0.6 is 0 Å². The molecule has 0 saturated heterocycles. The third-order valence-electron chi connectivity index (χ3n) is 2.83. The molecule has 0 aromatic heterocycles. The molecule has 2 N–H and O–H groups in total. The maximum absolute atomic E-state index is 13.4. The molecule has 2 nitrogen and oxygen atoms in total. The van der Waals surface area contributed by atoms with Crippen LogP contribution in [0.5, 0.6) is 5.75 Å². The predicted octanol–water partition coefficient (Wildman–Crippen LogP) is 3.74. The molecule has 0 radical (unpaired) electrons. The van der Waals surface area contributed by atoms with Crippen LogP contribution in [0.15, 0.2) is 42.5 Å². The van der Waals surface area contributed by atoms with E-state index < -0.39 is 0 Å². The molecule has 19 heavy (non-hydrogen) atoms. The lowest BCUT2D eigenvalue weighted by atomic mass is 10.0. The van der Waals surface area contributed by atoms with Gasteiger partial charge in [-0.1, -0.05) is 18.2 Å². The topological polar surface area (TPSA) is 35.2 Å². The number of halogens is 1. The number of nitrogens with two attached hydrogens (primary N) is 1. The molecular weight excluding hydrogens is 241 g/mol. The van der Waals surface area contributed by atoms with E-state index in [1.165, 1.54) is 6.07 Å². The van der Waals surface area contributed by atoms with E-state index in [0.29, 0.717) is 5.56 Å². The molecule has 0 bridgehead atoms. The van der Waals surface area contributed by atoms with E-state index in [1.807, 2.05) is 38.1 Å². The van der Waals surface area contributed by atoms with Gasteiger partial charge >= 0.3 is 0 Å². The van der Waals surface area contributed by atoms with Crippen LogP contribution in [0.1, 0.15) is 19.4 Å². The summed E-state index contributed by atoms with van der Waals surface area (Å²) in [7, 11) is 0. The van der Waals surface area contributed by atoms with Crippen molar-refractivity contribution in [2.45, 2.75) is 26.5 Å². The van der Waals surface area contributed by atoms with E-state index in [0.717, 1.165) is 16.9 Å². The van der Waals surface area contributed by atoms with Gasteiger partial charge in [0.25, 0.3) is 0 Å². The molecule has 0 aliphatic rings. The zero-order valence-corrected chi connectivity index (χ0v) is 11.2. The quantitative estimate of drug-likeness (QED) is 0.907. The molecule has 3 heteroatoms. The first-order valence-corrected chi connectivity index (χ1v) is 6.35. The standard InChI is InChI=1S/C16H18FNO/c1-11(2)19-15-6-3-12(4-7-15)13-5-8-16(17)14(9-13)10-18/h3-9,11H,10,18H2,1-2H3. The summed E-state index contributed by atoms with van der Waals surface area (Å²) in [5.41, 5.74) is 8.02. The predicted molar refractivity (Wildman–Crippen MR) is 75.5 cm³/mol. The molecule has 2 aromatic rings. The largest absolute Gasteiger partial charge is 0.491 e. The fourth-order valence-electron chi connectivity index (χ4n) is 1.91. The van der Waals surface area contributed by atoms with Gasteiger partial charge in [0.1, 0.15) is 11.6 Å². The molecule has 100 valence electrons. The first-order valence-electron chi connectivity index (χ1n) is 6.35. The fraction of sp³-hybridized carbons (Fsp3) is 0.250. The van der Waals surface area contributed by atoms with Crippen molar-refractivity contribution in [3.63, 3.8) is 0 Å². The number of hydrogen-bond donors (Lipinski definition) is 1. The Morgan fingerprint density at radius 3 is 2.26 bits per heavy atom. The lowest BCUT2D eigenvalue weighted by molar-refractivity contribution is 0.242. The van der Waals surface area contributed by atoms with Gasteiger partial charge in [0.05, 0.1) is 6.10 Å². The molecule has 2 aromatic carbocycles. The lowest BCUT2D eigenvalue weighted by Gasteiger charge is -2.10. The van der Waals surface area contributed by atoms with E-state index in [-0.39, 0.29) is 18.5 Å². The van der Waals surface area contributed by atoms with Gasteiger partial charge in [0, 0.05) is 12.1 Å². The molecule has 0 fully saturated rings. The van der Waals surface area contributed by atoms with Crippen molar-refractivity contribution in [1.29, 1.82) is 0 Å². The molecule has 0 unspecified atom stereocenters. The molecule has 2 rings (SSSR count). The molecule has 0 aliphatic heterocycles. The van der Waals surface area contributed by atoms with Crippen molar-refractivity contribution < 1.29 is 9.13 Å². The minimum absolute atomic E-state index is 0.153. The van der Waals surface area contributed by atoms with Gasteiger partial charge in [-0.15, -0.1) is 0 Å². The summed E-state index contributed by atoms with van der Waals surface area (Å²) in [5.74, 6) is 0.575. The third-order valence-corrected chi connectivity index (χ3v) is 2.83. The zero-order chi connectivity index (χ0) is 13.8. The highest BCUT2D eigenvalue weighted by Gasteiger charge is 2.04. The van der Waals surface area contributed by atoms with Gasteiger partial charge in [0.2, 0.25) is 0 Å². The van der Waals surface area contributed by atoms with Crippen LogP contribution in [-0.2, 0) is 6.54 Å². The van der Waals surface area contributed by atoms with E-state index in [2.05, 4.69) is 0 Å². The molecular formula is C16H18FNO. The monoisotopic (exact) mass is 259 g/mol. The van der Waals surface area contributed by atoms with E-state index in [4.69, 9.17) is 10.5 Å². The lowest BCUT2D eigenvalue weighted by Crippen LogP contribution is -2.05. The Kier molecular flexibility index (Phi) is 4.17. The van der Waals surface area contributed by atoms with Crippen LogP contribution in [0.3, 0.4) is 0 Å². The Morgan fingerprint density at radius 1 is 1.05 bits per heavy atom. The minimum Gasteiger partial charge on any atom is -0.491 e. The Labute approximate surface area is 113 Å². The van der Waals surface area contributed by atoms with Gasteiger partial charge in [-0.25, -0.2) is 4.39 Å². The number of ether oxygens (including phenoxy) is 1. The van der Waals surface area contributed by atoms with Crippen molar-refractivity contribution in [1.82, 2.24) is 0 Å². The van der Waals surface area contributed by atoms with Crippen LogP contribution in [0.25, 0.3) is 11.1 Å². The van der Waals surface area contributed by atoms with Crippen molar-refractivity contribution >= 4 is 0 Å². The Bertz CT molecular complexity index is 549. The molecule has 0 saturated carbocycles. The van der Waals surface area contributed by atoms with Crippen LogP contribution in [0.2, 0.25) is 0 Å². The number of rotatable bonds is 4. The van der Waals surface area contributed by atoms with Crippen molar-refractivity contribution in [2.24, 2.45) is 5.73 Å². The molecule has 0 amide bonds. The second-order valence-electron chi connectivity index (χ2n) is 4.70. The van der Waals surface area contributed by atoms with Crippen LogP contribution in [0.4, 0.5) is 4.39 Å². The average Bonchev–Trinajstić information content (AvgIpc) is 2.40. The highest BCUT2D eigenvalue weighted by molar-refractivity contribution is 5.65. The molecule has 0 spiro atoms. The number of benzene rings is 2. The van der Waals surface area contributed by atoms with Gasteiger partial charge < -0.3 is 10.5 Å². The van der Waals surface area contributed by atoms with Crippen LogP contribution in [-0.4, -0.2) is 6.10 Å². The summed E-state index contributed by atoms with van der Waals surface area (Å²) in [6.45, 7) is 4.18. The summed E-state index contributed by atoms with van der Waals surface area (Å²) in [4.78, 5) is 0. The SMILES string of the molecule is CC(C)Oc1ccc(-c2ccc(F)c(CN)c2)cc1. The van der Waals surface area contributed by atoms with Gasteiger partial charge in [-0.2, -0.15) is 0 Å². The van der Waals surface area contributed by atoms with Gasteiger partial charge in [-0.3, -0.25) is 0 Å². The summed E-state index contributed by atoms with van der Waals surface area (Å²) < 4.78 is 19.0. The highest BCUT2D eigenvalue weighted by atomic mass is 19.1. The fourth-order valence-corrected chi connectivity index (χ4v) is 1.91.